The lowest BCUT2D eigenvalue weighted by Gasteiger charge is -2.39. The van der Waals surface area contributed by atoms with E-state index in [9.17, 15) is 33.6 Å². The maximum Gasteiger partial charge on any atom is 0.475 e. The van der Waals surface area contributed by atoms with Gasteiger partial charge in [-0.3, -0.25) is 24.2 Å². The van der Waals surface area contributed by atoms with E-state index in [0.29, 0.717) is 5.69 Å². The van der Waals surface area contributed by atoms with E-state index in [2.05, 4.69) is 30.9 Å². The molecule has 10 N–H and O–H groups in total. The minimum atomic E-state index is -1.97. The molecule has 1 aliphatic heterocycles. The van der Waals surface area contributed by atoms with Crippen molar-refractivity contribution >= 4 is 36.7 Å². The zero-order valence-corrected chi connectivity index (χ0v) is 24.3. The number of hydrogen-bond donors (Lipinski definition) is 8. The Labute approximate surface area is 244 Å². The molecule has 1 aromatic rings. The van der Waals surface area contributed by atoms with Gasteiger partial charge in [0.2, 0.25) is 23.6 Å². The quantitative estimate of drug-likeness (QED) is 0.0477. The van der Waals surface area contributed by atoms with Crippen LogP contribution in [0.15, 0.2) is 17.5 Å². The minimum Gasteiger partial charge on any atom is -0.426 e. The highest BCUT2D eigenvalue weighted by Crippen LogP contribution is 2.22. The third-order valence-electron chi connectivity index (χ3n) is 6.78. The molecule has 0 radical (unpaired) electrons. The number of nitrogens with one attached hydrogen (secondary N) is 4. The summed E-state index contributed by atoms with van der Waals surface area (Å²) in [4.78, 5) is 64.0. The normalized spacial score (nSPS) is 18.9. The highest BCUT2D eigenvalue weighted by molar-refractivity contribution is 6.43. The van der Waals surface area contributed by atoms with Gasteiger partial charge in [-0.05, 0) is 38.0 Å². The molecule has 1 aromatic heterocycles. The van der Waals surface area contributed by atoms with Crippen molar-refractivity contribution in [3.05, 3.63) is 18.2 Å². The Hall–Kier alpha value is -3.73. The number of halogens is 1. The molecule has 1 fully saturated rings. The average Bonchev–Trinajstić information content (AvgIpc) is 3.41. The molecule has 0 saturated carbocycles. The average molecular weight is 595 g/mol. The van der Waals surface area contributed by atoms with Crippen molar-refractivity contribution in [3.63, 3.8) is 0 Å². The fraction of sp³-hybridized carbons (Fsp3) is 0.680. The molecule has 4 amide bonds. The highest BCUT2D eigenvalue weighted by atomic mass is 19.1. The molecule has 2 heterocycles. The summed E-state index contributed by atoms with van der Waals surface area (Å²) < 4.78 is 14.0. The van der Waals surface area contributed by atoms with Gasteiger partial charge in [-0.1, -0.05) is 13.8 Å². The number of alkyl halides is 1. The number of rotatable bonds is 15. The van der Waals surface area contributed by atoms with E-state index in [1.807, 2.05) is 13.8 Å². The van der Waals surface area contributed by atoms with Gasteiger partial charge in [0.25, 0.3) is 0 Å². The number of imidazole rings is 1. The van der Waals surface area contributed by atoms with Crippen LogP contribution in [0, 0.1) is 5.92 Å². The Morgan fingerprint density at radius 1 is 1.17 bits per heavy atom. The largest absolute Gasteiger partial charge is 0.475 e. The molecule has 5 atom stereocenters. The van der Waals surface area contributed by atoms with Crippen LogP contribution in [0.4, 0.5) is 4.39 Å². The molecule has 17 heteroatoms. The summed E-state index contributed by atoms with van der Waals surface area (Å²) in [6.45, 7) is 5.08. The van der Waals surface area contributed by atoms with Crippen LogP contribution >= 0.6 is 0 Å². The molecule has 42 heavy (non-hydrogen) atoms. The molecule has 0 aliphatic carbocycles. The third-order valence-corrected chi connectivity index (χ3v) is 6.78. The summed E-state index contributed by atoms with van der Waals surface area (Å²) in [5.74, 6) is -3.69. The van der Waals surface area contributed by atoms with E-state index in [0.717, 1.165) is 0 Å². The maximum absolute atomic E-state index is 14.0. The lowest BCUT2D eigenvalue weighted by molar-refractivity contribution is -0.140. The molecular weight excluding hydrogens is 552 g/mol. The van der Waals surface area contributed by atoms with E-state index in [1.165, 1.54) is 24.3 Å². The predicted molar refractivity (Wildman–Crippen MR) is 153 cm³/mol. The number of carbonyl (C=O) groups is 4. The number of carbonyl (C=O) groups excluding carboxylic acids is 4. The number of hydrogen-bond acceptors (Lipinski definition) is 8. The topological polar surface area (TPSA) is 241 Å². The maximum atomic E-state index is 14.0. The molecular formula is C25H43BFN9O6. The molecule has 2 rings (SSSR count). The first-order chi connectivity index (χ1) is 19.8. The second-order valence-electron chi connectivity index (χ2n) is 10.9. The highest BCUT2D eigenvalue weighted by Gasteiger charge is 2.41. The number of guanidine groups is 1. The summed E-state index contributed by atoms with van der Waals surface area (Å²) in [6.07, 6.45) is 2.09. The zero-order chi connectivity index (χ0) is 31.4. The van der Waals surface area contributed by atoms with Crippen LogP contribution in [0.2, 0.25) is 0 Å². The van der Waals surface area contributed by atoms with Crippen molar-refractivity contribution in [2.45, 2.75) is 89.5 Å². The first kappa shape index (κ1) is 34.5. The number of piperidine rings is 1. The second kappa shape index (κ2) is 16.7. The van der Waals surface area contributed by atoms with Crippen molar-refractivity contribution in [1.29, 1.82) is 0 Å². The van der Waals surface area contributed by atoms with Crippen LogP contribution in [0.1, 0.15) is 58.6 Å². The van der Waals surface area contributed by atoms with Gasteiger partial charge in [-0.25, -0.2) is 9.37 Å². The SMILES string of the molecule is CC(=O)N[C@@H](Cc1cnc[nH]1)C(=O)N[C@@H](CC(C)C)C(=O)N[C@@H](CCCN=C(N)N)C(=O)N1CCC(F)CC1B(O)O. The Morgan fingerprint density at radius 2 is 1.83 bits per heavy atom. The first-order valence-electron chi connectivity index (χ1n) is 14.0. The number of likely N-dealkylation sites (tertiary alicyclic amines) is 1. The summed E-state index contributed by atoms with van der Waals surface area (Å²) in [5, 5.41) is 27.6. The second-order valence-corrected chi connectivity index (χ2v) is 10.9. The van der Waals surface area contributed by atoms with E-state index in [-0.39, 0.29) is 63.5 Å². The molecule has 234 valence electrons. The molecule has 1 saturated heterocycles. The number of H-pyrrole nitrogens is 1. The van der Waals surface area contributed by atoms with Crippen LogP contribution in [0.5, 0.6) is 0 Å². The van der Waals surface area contributed by atoms with Crippen molar-refractivity contribution in [2.24, 2.45) is 22.4 Å². The number of aromatic amines is 1. The van der Waals surface area contributed by atoms with Gasteiger partial charge in [0.05, 0.1) is 12.3 Å². The van der Waals surface area contributed by atoms with E-state index >= 15 is 0 Å². The lowest BCUT2D eigenvalue weighted by atomic mass is 9.73. The number of amides is 4. The van der Waals surface area contributed by atoms with Crippen molar-refractivity contribution in [3.8, 4) is 0 Å². The molecule has 0 aromatic carbocycles. The fourth-order valence-corrected chi connectivity index (χ4v) is 4.79. The van der Waals surface area contributed by atoms with Gasteiger partial charge in [-0.2, -0.15) is 0 Å². The molecule has 15 nitrogen and oxygen atoms in total. The minimum absolute atomic E-state index is 0.0104. The van der Waals surface area contributed by atoms with Crippen LogP contribution in [-0.2, 0) is 25.6 Å². The van der Waals surface area contributed by atoms with Crippen LogP contribution < -0.4 is 27.4 Å². The first-order valence-corrected chi connectivity index (χ1v) is 14.0. The van der Waals surface area contributed by atoms with Gasteiger partial charge in [0.15, 0.2) is 5.96 Å². The Kier molecular flexibility index (Phi) is 13.7. The Bertz CT molecular complexity index is 1070. The lowest BCUT2D eigenvalue weighted by Crippen LogP contribution is -2.61. The smallest absolute Gasteiger partial charge is 0.426 e. The zero-order valence-electron chi connectivity index (χ0n) is 24.3. The van der Waals surface area contributed by atoms with E-state index in [1.54, 1.807) is 0 Å². The van der Waals surface area contributed by atoms with Crippen molar-refractivity contribution < 1.29 is 33.6 Å². The van der Waals surface area contributed by atoms with E-state index in [4.69, 9.17) is 11.5 Å². The molecule has 0 bridgehead atoms. The van der Waals surface area contributed by atoms with Gasteiger partial charge >= 0.3 is 7.12 Å². The van der Waals surface area contributed by atoms with Crippen LogP contribution in [-0.4, -0.2) is 105 Å². The standard InChI is InChI=1S/C25H43BFN9O6/c1-14(2)9-19(35-23(39)20(33-15(3)37)11-17-12-30-13-32-17)22(38)34-18(5-4-7-31-25(28)29)24(40)36-8-6-16(27)10-21(36)26(41)42/h12-14,16,18-21,41-42H,4-11H2,1-3H3,(H,30,32)(H,33,37)(H,34,38)(H,35,39)(H4,28,29,31)/t16?,18-,19-,20-,21?/m0/s1. The predicted octanol–water partition coefficient (Wildman–Crippen LogP) is -2.13. The monoisotopic (exact) mass is 595 g/mol. The van der Waals surface area contributed by atoms with E-state index < -0.39 is 61.0 Å². The van der Waals surface area contributed by atoms with Crippen molar-refractivity contribution in [1.82, 2.24) is 30.8 Å². The molecule has 0 spiro atoms. The van der Waals surface area contributed by atoms with Crippen molar-refractivity contribution in [2.75, 3.05) is 13.1 Å². The van der Waals surface area contributed by atoms with Gasteiger partial charge < -0.3 is 47.3 Å². The summed E-state index contributed by atoms with van der Waals surface area (Å²) in [5.41, 5.74) is 11.4. The summed E-state index contributed by atoms with van der Waals surface area (Å²) >= 11 is 0. The third kappa shape index (κ3) is 11.3. The van der Waals surface area contributed by atoms with Gasteiger partial charge in [0.1, 0.15) is 24.3 Å². The number of aromatic nitrogens is 2. The van der Waals surface area contributed by atoms with Gasteiger partial charge in [0, 0.05) is 38.3 Å². The Balaban J connectivity index is 2.25. The van der Waals surface area contributed by atoms with Crippen LogP contribution in [0.25, 0.3) is 0 Å². The Morgan fingerprint density at radius 3 is 2.40 bits per heavy atom. The molecule has 2 unspecified atom stereocenters. The van der Waals surface area contributed by atoms with Crippen LogP contribution in [0.3, 0.4) is 0 Å². The molecule has 1 aliphatic rings. The fourth-order valence-electron chi connectivity index (χ4n) is 4.79. The number of nitrogens with two attached hydrogens (primary N) is 2. The number of nitrogens with zero attached hydrogens (tertiary/aromatic N) is 3. The van der Waals surface area contributed by atoms with Gasteiger partial charge in [-0.15, -0.1) is 0 Å². The number of aliphatic imine (C=N–C) groups is 1. The summed E-state index contributed by atoms with van der Waals surface area (Å²) in [7, 11) is -1.97. The summed E-state index contributed by atoms with van der Waals surface area (Å²) in [6, 6.07) is -3.22.